The quantitative estimate of drug-likeness (QED) is 0.814. The van der Waals surface area contributed by atoms with E-state index in [1.165, 1.54) is 11.8 Å². The van der Waals surface area contributed by atoms with Crippen LogP contribution < -0.4 is 10.7 Å². The molecule has 0 unspecified atom stereocenters. The van der Waals surface area contributed by atoms with Crippen molar-refractivity contribution in [3.63, 3.8) is 0 Å². The number of rotatable bonds is 1. The number of fused-ring (bicyclic) bond motifs is 1. The zero-order chi connectivity index (χ0) is 17.1. The number of alkyl halides is 3. The summed E-state index contributed by atoms with van der Waals surface area (Å²) >= 11 is 1.42. The number of likely N-dealkylation sites (tertiary alicyclic amines) is 1. The van der Waals surface area contributed by atoms with E-state index >= 15 is 0 Å². The Morgan fingerprint density at radius 1 is 1.38 bits per heavy atom. The van der Waals surface area contributed by atoms with Crippen LogP contribution in [0.4, 0.5) is 18.9 Å². The Kier molecular flexibility index (Phi) is 3.15. The zero-order valence-corrected chi connectivity index (χ0v) is 13.4. The number of nitrogens with one attached hydrogen (secondary N) is 2. The van der Waals surface area contributed by atoms with E-state index in [4.69, 9.17) is 0 Å². The predicted octanol–water partition coefficient (Wildman–Crippen LogP) is 2.59. The minimum Gasteiger partial charge on any atom is -0.355 e. The third-order valence-electron chi connectivity index (χ3n) is 4.60. The minimum absolute atomic E-state index is 0.0277. The highest BCUT2D eigenvalue weighted by molar-refractivity contribution is 8.02. The summed E-state index contributed by atoms with van der Waals surface area (Å²) in [6.07, 6.45) is -2.70. The molecule has 1 aromatic carbocycles. The summed E-state index contributed by atoms with van der Waals surface area (Å²) in [7, 11) is 0. The van der Waals surface area contributed by atoms with E-state index in [9.17, 15) is 18.0 Å². The van der Waals surface area contributed by atoms with Crippen LogP contribution >= 0.6 is 11.8 Å². The maximum atomic E-state index is 12.9. The van der Waals surface area contributed by atoms with Crippen molar-refractivity contribution in [2.45, 2.75) is 18.0 Å². The Bertz CT molecular complexity index is 804. The Morgan fingerprint density at radius 3 is 2.83 bits per heavy atom. The molecule has 1 amide bonds. The van der Waals surface area contributed by atoms with Crippen LogP contribution in [-0.2, 0) is 10.2 Å². The fraction of sp³-hybridized carbons (Fsp3) is 0.333. The number of carbonyl (C=O) groups excluding carboxylic acids is 1. The lowest BCUT2D eigenvalue weighted by Crippen LogP contribution is -2.49. The summed E-state index contributed by atoms with van der Waals surface area (Å²) in [5.41, 5.74) is 4.40. The van der Waals surface area contributed by atoms with Gasteiger partial charge in [0.1, 0.15) is 16.3 Å². The Balaban J connectivity index is 1.88. The normalized spacial score (nSPS) is 24.7. The number of anilines is 1. The number of amidine groups is 1. The van der Waals surface area contributed by atoms with Gasteiger partial charge in [-0.1, -0.05) is 18.2 Å². The molecule has 126 valence electrons. The highest BCUT2D eigenvalue weighted by Crippen LogP contribution is 2.53. The first kappa shape index (κ1) is 15.4. The molecule has 3 aliphatic rings. The maximum Gasteiger partial charge on any atom is 0.471 e. The van der Waals surface area contributed by atoms with Crippen molar-refractivity contribution in [2.24, 2.45) is 5.10 Å². The first-order valence-electron chi connectivity index (χ1n) is 7.28. The van der Waals surface area contributed by atoms with Gasteiger partial charge in [0, 0.05) is 12.2 Å². The number of carbonyl (C=O) groups is 1. The van der Waals surface area contributed by atoms with Gasteiger partial charge in [0.2, 0.25) is 0 Å². The molecule has 1 spiro atoms. The highest BCUT2D eigenvalue weighted by Gasteiger charge is 2.60. The molecular weight excluding hydrogens is 341 g/mol. The number of halogens is 3. The number of hydrazone groups is 1. The Morgan fingerprint density at radius 2 is 2.12 bits per heavy atom. The predicted molar refractivity (Wildman–Crippen MR) is 85.2 cm³/mol. The number of benzene rings is 1. The van der Waals surface area contributed by atoms with Gasteiger partial charge in [-0.05, 0) is 24.3 Å². The van der Waals surface area contributed by atoms with Crippen molar-refractivity contribution in [1.29, 1.82) is 0 Å². The van der Waals surface area contributed by atoms with Crippen LogP contribution in [0.25, 0.3) is 0 Å². The van der Waals surface area contributed by atoms with Gasteiger partial charge in [-0.15, -0.1) is 11.8 Å². The molecular formula is C15H13F3N4OS. The molecule has 0 saturated carbocycles. The summed E-state index contributed by atoms with van der Waals surface area (Å²) in [6, 6.07) is 7.44. The topological polar surface area (TPSA) is 56.7 Å². The van der Waals surface area contributed by atoms with E-state index in [1.54, 1.807) is 0 Å². The van der Waals surface area contributed by atoms with Crippen LogP contribution in [-0.4, -0.2) is 35.6 Å². The molecule has 1 aromatic rings. The SMILES string of the molecule is CSC1=C2Nc3ccccc3[C@@]23CCN(C(=O)C(F)(F)F)C3=NN1. The number of para-hydroxylation sites is 1. The molecule has 0 aromatic heterocycles. The first-order valence-corrected chi connectivity index (χ1v) is 8.50. The van der Waals surface area contributed by atoms with E-state index in [0.717, 1.165) is 26.9 Å². The summed E-state index contributed by atoms with van der Waals surface area (Å²) < 4.78 is 38.8. The van der Waals surface area contributed by atoms with Crippen molar-refractivity contribution in [1.82, 2.24) is 10.3 Å². The Labute approximate surface area is 140 Å². The van der Waals surface area contributed by atoms with Crippen molar-refractivity contribution < 1.29 is 18.0 Å². The first-order chi connectivity index (χ1) is 11.4. The maximum absolute atomic E-state index is 12.9. The van der Waals surface area contributed by atoms with Crippen LogP contribution in [0.5, 0.6) is 0 Å². The van der Waals surface area contributed by atoms with Crippen LogP contribution in [0.1, 0.15) is 12.0 Å². The molecule has 9 heteroatoms. The molecule has 0 aliphatic carbocycles. The second-order valence-corrected chi connectivity index (χ2v) is 6.55. The molecule has 0 bridgehead atoms. The van der Waals surface area contributed by atoms with Gasteiger partial charge in [0.05, 0.1) is 5.70 Å². The third kappa shape index (κ3) is 1.84. The monoisotopic (exact) mass is 354 g/mol. The van der Waals surface area contributed by atoms with E-state index in [2.05, 4.69) is 15.8 Å². The molecule has 3 aliphatic heterocycles. The third-order valence-corrected chi connectivity index (χ3v) is 5.31. The van der Waals surface area contributed by atoms with Crippen molar-refractivity contribution >= 4 is 29.2 Å². The fourth-order valence-corrected chi connectivity index (χ4v) is 4.19. The molecule has 2 N–H and O–H groups in total. The molecule has 5 nitrogen and oxygen atoms in total. The van der Waals surface area contributed by atoms with E-state index in [0.29, 0.717) is 6.42 Å². The van der Waals surface area contributed by atoms with Gasteiger partial charge in [0.15, 0.2) is 0 Å². The molecule has 1 atom stereocenters. The Hall–Kier alpha value is -2.16. The van der Waals surface area contributed by atoms with Crippen molar-refractivity contribution in [3.8, 4) is 0 Å². The van der Waals surface area contributed by atoms with Gasteiger partial charge >= 0.3 is 12.1 Å². The van der Waals surface area contributed by atoms with Crippen molar-refractivity contribution in [3.05, 3.63) is 40.6 Å². The second-order valence-electron chi connectivity index (χ2n) is 5.74. The molecule has 24 heavy (non-hydrogen) atoms. The lowest BCUT2D eigenvalue weighted by atomic mass is 9.77. The molecule has 1 saturated heterocycles. The van der Waals surface area contributed by atoms with Crippen molar-refractivity contribution in [2.75, 3.05) is 18.1 Å². The highest BCUT2D eigenvalue weighted by atomic mass is 32.2. The lowest BCUT2D eigenvalue weighted by molar-refractivity contribution is -0.180. The summed E-state index contributed by atoms with van der Waals surface area (Å²) in [6.45, 7) is -0.0277. The summed E-state index contributed by atoms with van der Waals surface area (Å²) in [5, 5.41) is 8.19. The van der Waals surface area contributed by atoms with Gasteiger partial charge in [-0.3, -0.25) is 15.1 Å². The number of hydrogen-bond acceptors (Lipinski definition) is 5. The number of amides is 1. The summed E-state index contributed by atoms with van der Waals surface area (Å²) in [5.74, 6) is -1.77. The molecule has 0 radical (unpaired) electrons. The van der Waals surface area contributed by atoms with Gasteiger partial charge in [-0.25, -0.2) is 0 Å². The standard InChI is InChI=1S/C15H13F3N4OS/c1-24-11-10-14(8-4-2-3-5-9(8)19-10)6-7-22(12(14)21-20-11)13(23)15(16,17)18/h2-5,19-20H,6-7H2,1H3/t14-/m0/s1. The largest absolute Gasteiger partial charge is 0.471 e. The molecule has 3 heterocycles. The molecule has 1 fully saturated rings. The van der Waals surface area contributed by atoms with Gasteiger partial charge in [-0.2, -0.15) is 18.3 Å². The van der Waals surface area contributed by atoms with E-state index in [-0.39, 0.29) is 12.4 Å². The lowest BCUT2D eigenvalue weighted by Gasteiger charge is -2.32. The second kappa shape index (κ2) is 4.92. The average Bonchev–Trinajstić information content (AvgIpc) is 3.10. The smallest absolute Gasteiger partial charge is 0.355 e. The number of thioether (sulfide) groups is 1. The van der Waals surface area contributed by atoms with E-state index < -0.39 is 17.5 Å². The van der Waals surface area contributed by atoms with Crippen LogP contribution in [0.15, 0.2) is 40.1 Å². The van der Waals surface area contributed by atoms with E-state index in [1.807, 2.05) is 30.5 Å². The summed E-state index contributed by atoms with van der Waals surface area (Å²) in [4.78, 5) is 12.6. The molecule has 4 rings (SSSR count). The number of hydrogen-bond donors (Lipinski definition) is 2. The number of nitrogens with zero attached hydrogens (tertiary/aromatic N) is 2. The fourth-order valence-electron chi connectivity index (χ4n) is 3.62. The zero-order valence-electron chi connectivity index (χ0n) is 12.6. The van der Waals surface area contributed by atoms with Gasteiger partial charge in [0.25, 0.3) is 0 Å². The van der Waals surface area contributed by atoms with Crippen LogP contribution in [0.3, 0.4) is 0 Å². The average molecular weight is 354 g/mol. The van der Waals surface area contributed by atoms with Gasteiger partial charge < -0.3 is 5.32 Å². The van der Waals surface area contributed by atoms with Crippen LogP contribution in [0, 0.1) is 0 Å². The minimum atomic E-state index is -4.93. The van der Waals surface area contributed by atoms with Crippen LogP contribution in [0.2, 0.25) is 0 Å².